The second-order valence-corrected chi connectivity index (χ2v) is 5.49. The van der Waals surface area contributed by atoms with Crippen molar-refractivity contribution in [1.82, 2.24) is 5.32 Å². The van der Waals surface area contributed by atoms with Gasteiger partial charge in [-0.05, 0) is 40.5 Å². The molecule has 0 radical (unpaired) electrons. The summed E-state index contributed by atoms with van der Waals surface area (Å²) in [6, 6.07) is -0.110. The van der Waals surface area contributed by atoms with Crippen molar-refractivity contribution in [2.45, 2.75) is 64.4 Å². The van der Waals surface area contributed by atoms with E-state index in [1.54, 1.807) is 0 Å². The highest BCUT2D eigenvalue weighted by Gasteiger charge is 2.30. The van der Waals surface area contributed by atoms with E-state index in [1.807, 2.05) is 27.7 Å². The number of aliphatic hydroxyl groups is 1. The zero-order chi connectivity index (χ0) is 13.1. The first-order valence-corrected chi connectivity index (χ1v) is 6.07. The molecule has 1 amide bonds. The maximum Gasteiger partial charge on any atom is 0.407 e. The lowest BCUT2D eigenvalue weighted by atomic mass is 10.1. The molecule has 1 rings (SSSR count). The van der Waals surface area contributed by atoms with Crippen LogP contribution in [0.15, 0.2) is 0 Å². The second kappa shape index (κ2) is 5.69. The molecule has 2 N–H and O–H groups in total. The van der Waals surface area contributed by atoms with Crippen molar-refractivity contribution in [3.63, 3.8) is 0 Å². The van der Waals surface area contributed by atoms with Crippen molar-refractivity contribution < 1.29 is 19.4 Å². The van der Waals surface area contributed by atoms with Gasteiger partial charge in [-0.15, -0.1) is 0 Å². The van der Waals surface area contributed by atoms with Gasteiger partial charge in [0.1, 0.15) is 5.60 Å². The number of alkyl carbamates (subject to hydrolysis) is 1. The number of aliphatic hydroxyl groups excluding tert-OH is 1. The molecule has 0 aromatic carbocycles. The van der Waals surface area contributed by atoms with Crippen molar-refractivity contribution in [1.29, 1.82) is 0 Å². The van der Waals surface area contributed by atoms with Gasteiger partial charge in [0.05, 0.1) is 24.9 Å². The van der Waals surface area contributed by atoms with E-state index in [0.717, 1.165) is 12.8 Å². The van der Waals surface area contributed by atoms with Crippen LogP contribution in [0.25, 0.3) is 0 Å². The van der Waals surface area contributed by atoms with Crippen molar-refractivity contribution in [2.24, 2.45) is 0 Å². The number of amides is 1. The van der Waals surface area contributed by atoms with Crippen LogP contribution in [0.1, 0.15) is 40.5 Å². The maximum atomic E-state index is 11.5. The highest BCUT2D eigenvalue weighted by atomic mass is 16.6. The first-order chi connectivity index (χ1) is 7.81. The van der Waals surface area contributed by atoms with Gasteiger partial charge in [0.15, 0.2) is 0 Å². The molecule has 0 aromatic rings. The van der Waals surface area contributed by atoms with Crippen LogP contribution in [-0.2, 0) is 9.47 Å². The minimum absolute atomic E-state index is 0.0374. The van der Waals surface area contributed by atoms with E-state index in [1.165, 1.54) is 0 Å². The Morgan fingerprint density at radius 1 is 1.53 bits per heavy atom. The fourth-order valence-corrected chi connectivity index (χ4v) is 1.82. The standard InChI is InChI=1S/C12H23NO4/c1-8(10-6-5-9(7-14)16-10)13-11(15)17-12(2,3)4/h8-10,14H,5-7H2,1-4H3,(H,13,15)/t8-,9+,10-/m1/s1. The van der Waals surface area contributed by atoms with Gasteiger partial charge < -0.3 is 19.9 Å². The predicted octanol–water partition coefficient (Wildman–Crippen LogP) is 1.44. The van der Waals surface area contributed by atoms with Crippen molar-refractivity contribution in [3.8, 4) is 0 Å². The quantitative estimate of drug-likeness (QED) is 0.789. The summed E-state index contributed by atoms with van der Waals surface area (Å²) in [5.74, 6) is 0. The Morgan fingerprint density at radius 2 is 2.18 bits per heavy atom. The topological polar surface area (TPSA) is 67.8 Å². The summed E-state index contributed by atoms with van der Waals surface area (Å²) >= 11 is 0. The summed E-state index contributed by atoms with van der Waals surface area (Å²) in [5.41, 5.74) is -0.492. The highest BCUT2D eigenvalue weighted by molar-refractivity contribution is 5.68. The maximum absolute atomic E-state index is 11.5. The summed E-state index contributed by atoms with van der Waals surface area (Å²) in [4.78, 5) is 11.5. The van der Waals surface area contributed by atoms with Crippen LogP contribution in [0.4, 0.5) is 4.79 Å². The van der Waals surface area contributed by atoms with E-state index in [9.17, 15) is 4.79 Å². The Kier molecular flexibility index (Phi) is 4.77. The molecule has 0 bridgehead atoms. The summed E-state index contributed by atoms with van der Waals surface area (Å²) in [7, 11) is 0. The molecule has 1 aliphatic heterocycles. The molecule has 1 fully saturated rings. The molecule has 0 saturated carbocycles. The Labute approximate surface area is 102 Å². The zero-order valence-electron chi connectivity index (χ0n) is 11.0. The normalized spacial score (nSPS) is 26.6. The first kappa shape index (κ1) is 14.3. The molecular weight excluding hydrogens is 222 g/mol. The lowest BCUT2D eigenvalue weighted by Gasteiger charge is -2.24. The minimum Gasteiger partial charge on any atom is -0.444 e. The third-order valence-electron chi connectivity index (χ3n) is 2.65. The van der Waals surface area contributed by atoms with E-state index >= 15 is 0 Å². The van der Waals surface area contributed by atoms with Gasteiger partial charge in [0.25, 0.3) is 0 Å². The van der Waals surface area contributed by atoms with Crippen LogP contribution in [0.2, 0.25) is 0 Å². The Balaban J connectivity index is 2.34. The number of hydrogen-bond acceptors (Lipinski definition) is 4. The van der Waals surface area contributed by atoms with E-state index in [4.69, 9.17) is 14.6 Å². The summed E-state index contributed by atoms with van der Waals surface area (Å²) in [6.45, 7) is 7.39. The third-order valence-corrected chi connectivity index (χ3v) is 2.65. The van der Waals surface area contributed by atoms with E-state index in [0.29, 0.717) is 0 Å². The molecule has 1 aliphatic rings. The summed E-state index contributed by atoms with van der Waals surface area (Å²) in [5, 5.41) is 11.7. The molecule has 0 spiro atoms. The second-order valence-electron chi connectivity index (χ2n) is 5.49. The smallest absolute Gasteiger partial charge is 0.407 e. The van der Waals surface area contributed by atoms with Gasteiger partial charge in [0.2, 0.25) is 0 Å². The molecule has 5 nitrogen and oxygen atoms in total. The largest absolute Gasteiger partial charge is 0.444 e. The molecule has 3 atom stereocenters. The molecule has 0 unspecified atom stereocenters. The van der Waals surface area contributed by atoms with Gasteiger partial charge >= 0.3 is 6.09 Å². The first-order valence-electron chi connectivity index (χ1n) is 6.07. The number of rotatable bonds is 3. The lowest BCUT2D eigenvalue weighted by molar-refractivity contribution is -0.00566. The van der Waals surface area contributed by atoms with Gasteiger partial charge in [-0.3, -0.25) is 0 Å². The third kappa shape index (κ3) is 4.91. The van der Waals surface area contributed by atoms with Crippen molar-refractivity contribution in [2.75, 3.05) is 6.61 Å². The highest BCUT2D eigenvalue weighted by Crippen LogP contribution is 2.22. The summed E-state index contributed by atoms with van der Waals surface area (Å²) in [6.07, 6.45) is 1.12. The number of ether oxygens (including phenoxy) is 2. The molecule has 5 heteroatoms. The molecule has 1 saturated heterocycles. The Morgan fingerprint density at radius 3 is 2.65 bits per heavy atom. The predicted molar refractivity (Wildman–Crippen MR) is 63.8 cm³/mol. The van der Waals surface area contributed by atoms with Crippen LogP contribution in [-0.4, -0.2) is 41.7 Å². The SMILES string of the molecule is C[C@@H](NC(=O)OC(C)(C)C)[C@H]1CC[C@@H](CO)O1. The lowest BCUT2D eigenvalue weighted by Crippen LogP contribution is -2.43. The fraction of sp³-hybridized carbons (Fsp3) is 0.917. The van der Waals surface area contributed by atoms with Crippen molar-refractivity contribution >= 4 is 6.09 Å². The van der Waals surface area contributed by atoms with Crippen LogP contribution < -0.4 is 5.32 Å². The van der Waals surface area contributed by atoms with Gasteiger partial charge in [-0.2, -0.15) is 0 Å². The van der Waals surface area contributed by atoms with E-state index in [-0.39, 0.29) is 24.9 Å². The molecule has 0 aliphatic carbocycles. The van der Waals surface area contributed by atoms with Gasteiger partial charge in [-0.25, -0.2) is 4.79 Å². The van der Waals surface area contributed by atoms with Gasteiger partial charge in [-0.1, -0.05) is 0 Å². The number of nitrogens with one attached hydrogen (secondary N) is 1. The summed E-state index contributed by atoms with van der Waals surface area (Å²) < 4.78 is 10.7. The van der Waals surface area contributed by atoms with E-state index in [2.05, 4.69) is 5.32 Å². The number of hydrogen-bond donors (Lipinski definition) is 2. The Hall–Kier alpha value is -0.810. The molecule has 0 aromatic heterocycles. The van der Waals surface area contributed by atoms with Crippen LogP contribution in [0.3, 0.4) is 0 Å². The van der Waals surface area contributed by atoms with Gasteiger partial charge in [0, 0.05) is 0 Å². The van der Waals surface area contributed by atoms with Crippen molar-refractivity contribution in [3.05, 3.63) is 0 Å². The average Bonchev–Trinajstić information content (AvgIpc) is 2.62. The van der Waals surface area contributed by atoms with Crippen LogP contribution >= 0.6 is 0 Å². The molecular formula is C12H23NO4. The van der Waals surface area contributed by atoms with Crippen LogP contribution in [0, 0.1) is 0 Å². The number of carbonyl (C=O) groups excluding carboxylic acids is 1. The molecule has 1 heterocycles. The fourth-order valence-electron chi connectivity index (χ4n) is 1.82. The Bertz CT molecular complexity index is 262. The van der Waals surface area contributed by atoms with E-state index < -0.39 is 11.7 Å². The monoisotopic (exact) mass is 245 g/mol. The average molecular weight is 245 g/mol. The number of carbonyl (C=O) groups is 1. The van der Waals surface area contributed by atoms with Crippen LogP contribution in [0.5, 0.6) is 0 Å². The molecule has 17 heavy (non-hydrogen) atoms. The molecule has 100 valence electrons. The minimum atomic E-state index is -0.492. The zero-order valence-corrected chi connectivity index (χ0v) is 11.0.